The van der Waals surface area contributed by atoms with Crippen LogP contribution in [0.5, 0.6) is 0 Å². The lowest BCUT2D eigenvalue weighted by Gasteiger charge is -2.21. The topological polar surface area (TPSA) is 96.3 Å². The Morgan fingerprint density at radius 3 is 2.95 bits per heavy atom. The van der Waals surface area contributed by atoms with E-state index in [0.29, 0.717) is 25.9 Å². The molecule has 4 amide bonds. The summed E-state index contributed by atoms with van der Waals surface area (Å²) in [6.07, 6.45) is 5.92. The third-order valence-corrected chi connectivity index (χ3v) is 3.78. The van der Waals surface area contributed by atoms with Crippen molar-refractivity contribution < 1.29 is 14.4 Å². The standard InChI is InChI=1S/C12H15N5O3/c18-9(1-4-16-6-3-13-8-16)17-5-2-12(7-17)10(19)14-11(20)15-12/h3,6,8H,1-2,4-5,7H2,(H2,14,15,19,20). The number of likely N-dealkylation sites (tertiary alicyclic amines) is 1. The van der Waals surface area contributed by atoms with Gasteiger partial charge in [-0.25, -0.2) is 9.78 Å². The quantitative estimate of drug-likeness (QED) is 0.699. The Morgan fingerprint density at radius 1 is 1.45 bits per heavy atom. The number of nitrogens with zero attached hydrogens (tertiary/aromatic N) is 3. The number of aryl methyl sites for hydroxylation is 1. The van der Waals surface area contributed by atoms with Crippen LogP contribution in [0, 0.1) is 0 Å². The highest BCUT2D eigenvalue weighted by molar-refractivity contribution is 6.07. The van der Waals surface area contributed by atoms with Gasteiger partial charge in [0.1, 0.15) is 5.54 Å². The van der Waals surface area contributed by atoms with Gasteiger partial charge in [0, 0.05) is 31.9 Å². The van der Waals surface area contributed by atoms with Crippen molar-refractivity contribution in [3.63, 3.8) is 0 Å². The molecule has 1 unspecified atom stereocenters. The van der Waals surface area contributed by atoms with Crippen LogP contribution in [0.2, 0.25) is 0 Å². The number of imide groups is 1. The molecule has 106 valence electrons. The third-order valence-electron chi connectivity index (χ3n) is 3.78. The number of hydrogen-bond acceptors (Lipinski definition) is 4. The highest BCUT2D eigenvalue weighted by atomic mass is 16.2. The van der Waals surface area contributed by atoms with Gasteiger partial charge in [0.2, 0.25) is 5.91 Å². The Hall–Kier alpha value is -2.38. The molecule has 2 fully saturated rings. The summed E-state index contributed by atoms with van der Waals surface area (Å²) in [5.41, 5.74) is -0.929. The minimum Gasteiger partial charge on any atom is -0.340 e. The van der Waals surface area contributed by atoms with Gasteiger partial charge in [-0.1, -0.05) is 0 Å². The second kappa shape index (κ2) is 4.62. The maximum absolute atomic E-state index is 12.1. The molecule has 2 aliphatic rings. The summed E-state index contributed by atoms with van der Waals surface area (Å²) in [6.45, 7) is 1.28. The van der Waals surface area contributed by atoms with Crippen LogP contribution in [-0.4, -0.2) is 50.9 Å². The molecule has 1 aromatic heterocycles. The second-order valence-corrected chi connectivity index (χ2v) is 5.11. The van der Waals surface area contributed by atoms with Gasteiger partial charge < -0.3 is 14.8 Å². The molecule has 0 aliphatic carbocycles. The van der Waals surface area contributed by atoms with Crippen LogP contribution in [0.3, 0.4) is 0 Å². The van der Waals surface area contributed by atoms with Gasteiger partial charge in [-0.15, -0.1) is 0 Å². The van der Waals surface area contributed by atoms with Crippen molar-refractivity contribution in [1.29, 1.82) is 0 Å². The molecule has 2 N–H and O–H groups in total. The van der Waals surface area contributed by atoms with Gasteiger partial charge in [0.25, 0.3) is 5.91 Å². The van der Waals surface area contributed by atoms with E-state index in [9.17, 15) is 14.4 Å². The fraction of sp³-hybridized carbons (Fsp3) is 0.500. The van der Waals surface area contributed by atoms with E-state index in [0.717, 1.165) is 0 Å². The van der Waals surface area contributed by atoms with Crippen LogP contribution in [0.15, 0.2) is 18.7 Å². The summed E-state index contributed by atoms with van der Waals surface area (Å²) >= 11 is 0. The van der Waals surface area contributed by atoms with E-state index in [1.165, 1.54) is 0 Å². The van der Waals surface area contributed by atoms with Gasteiger partial charge in [0.15, 0.2) is 0 Å². The number of nitrogens with one attached hydrogen (secondary N) is 2. The number of urea groups is 1. The number of amides is 4. The Labute approximate surface area is 115 Å². The molecular weight excluding hydrogens is 262 g/mol. The zero-order chi connectivity index (χ0) is 14.2. The first-order valence-corrected chi connectivity index (χ1v) is 6.46. The first-order chi connectivity index (χ1) is 9.59. The van der Waals surface area contributed by atoms with E-state index in [-0.39, 0.29) is 18.4 Å². The lowest BCUT2D eigenvalue weighted by Crippen LogP contribution is -2.49. The summed E-state index contributed by atoms with van der Waals surface area (Å²) < 4.78 is 1.83. The van der Waals surface area contributed by atoms with Crippen molar-refractivity contribution in [3.8, 4) is 0 Å². The highest BCUT2D eigenvalue weighted by Crippen LogP contribution is 2.25. The van der Waals surface area contributed by atoms with Crippen molar-refractivity contribution >= 4 is 17.8 Å². The molecule has 8 nitrogen and oxygen atoms in total. The highest BCUT2D eigenvalue weighted by Gasteiger charge is 2.51. The molecule has 0 bridgehead atoms. The largest absolute Gasteiger partial charge is 0.340 e. The Morgan fingerprint density at radius 2 is 2.30 bits per heavy atom. The minimum atomic E-state index is -0.929. The van der Waals surface area contributed by atoms with Crippen LogP contribution >= 0.6 is 0 Å². The van der Waals surface area contributed by atoms with E-state index in [1.807, 2.05) is 4.57 Å². The fourth-order valence-corrected chi connectivity index (χ4v) is 2.64. The molecule has 1 aromatic rings. The number of hydrogen-bond donors (Lipinski definition) is 2. The second-order valence-electron chi connectivity index (χ2n) is 5.11. The summed E-state index contributed by atoms with van der Waals surface area (Å²) in [5, 5.41) is 4.85. The van der Waals surface area contributed by atoms with Gasteiger partial charge >= 0.3 is 6.03 Å². The van der Waals surface area contributed by atoms with Gasteiger partial charge in [-0.05, 0) is 6.42 Å². The number of imidazole rings is 1. The molecule has 3 heterocycles. The normalized spacial score (nSPS) is 25.1. The maximum atomic E-state index is 12.1. The molecule has 2 aliphatic heterocycles. The molecule has 2 saturated heterocycles. The fourth-order valence-electron chi connectivity index (χ4n) is 2.64. The number of carbonyl (C=O) groups is 3. The van der Waals surface area contributed by atoms with E-state index in [1.54, 1.807) is 23.6 Å². The van der Waals surface area contributed by atoms with E-state index in [4.69, 9.17) is 0 Å². The van der Waals surface area contributed by atoms with Gasteiger partial charge in [-0.2, -0.15) is 0 Å². The Bertz CT molecular complexity index is 555. The van der Waals surface area contributed by atoms with Crippen molar-refractivity contribution in [2.75, 3.05) is 13.1 Å². The number of rotatable bonds is 3. The van der Waals surface area contributed by atoms with Crippen LogP contribution in [0.4, 0.5) is 4.79 Å². The molecule has 8 heteroatoms. The SMILES string of the molecule is O=C1NC(=O)C2(CCN(C(=O)CCn3ccnc3)C2)N1. The summed E-state index contributed by atoms with van der Waals surface area (Å²) in [6, 6.07) is -0.484. The Kier molecular flexibility index (Phi) is 2.92. The average molecular weight is 277 g/mol. The lowest BCUT2D eigenvalue weighted by atomic mass is 10.00. The van der Waals surface area contributed by atoms with Gasteiger partial charge in [0.05, 0.1) is 12.9 Å². The van der Waals surface area contributed by atoms with E-state index in [2.05, 4.69) is 15.6 Å². The van der Waals surface area contributed by atoms with Crippen LogP contribution in [0.1, 0.15) is 12.8 Å². The van der Waals surface area contributed by atoms with Crippen molar-refractivity contribution in [1.82, 2.24) is 25.1 Å². The molecule has 0 radical (unpaired) electrons. The molecule has 1 atom stereocenters. The Balaban J connectivity index is 1.58. The molecule has 20 heavy (non-hydrogen) atoms. The summed E-state index contributed by atoms with van der Waals surface area (Å²) in [5.74, 6) is -0.364. The molecule has 3 rings (SSSR count). The predicted molar refractivity (Wildman–Crippen MR) is 67.4 cm³/mol. The maximum Gasteiger partial charge on any atom is 0.322 e. The zero-order valence-electron chi connectivity index (χ0n) is 10.8. The van der Waals surface area contributed by atoms with Crippen molar-refractivity contribution in [3.05, 3.63) is 18.7 Å². The van der Waals surface area contributed by atoms with Crippen LogP contribution < -0.4 is 10.6 Å². The van der Waals surface area contributed by atoms with Crippen molar-refractivity contribution in [2.24, 2.45) is 0 Å². The minimum absolute atomic E-state index is 0.0236. The van der Waals surface area contributed by atoms with Gasteiger partial charge in [-0.3, -0.25) is 14.9 Å². The van der Waals surface area contributed by atoms with Crippen LogP contribution in [0.25, 0.3) is 0 Å². The van der Waals surface area contributed by atoms with Crippen LogP contribution in [-0.2, 0) is 16.1 Å². The molecular formula is C12H15N5O3. The molecule has 1 spiro atoms. The first kappa shape index (κ1) is 12.6. The molecule has 0 aromatic carbocycles. The first-order valence-electron chi connectivity index (χ1n) is 6.46. The smallest absolute Gasteiger partial charge is 0.322 e. The predicted octanol–water partition coefficient (Wildman–Crippen LogP) is -0.916. The van der Waals surface area contributed by atoms with Crippen molar-refractivity contribution in [2.45, 2.75) is 24.9 Å². The lowest BCUT2D eigenvalue weighted by molar-refractivity contribution is -0.131. The van der Waals surface area contributed by atoms with E-state index < -0.39 is 11.6 Å². The summed E-state index contributed by atoms with van der Waals surface area (Å²) in [7, 11) is 0. The average Bonchev–Trinajstić information content (AvgIpc) is 3.10. The summed E-state index contributed by atoms with van der Waals surface area (Å²) in [4.78, 5) is 40.6. The zero-order valence-corrected chi connectivity index (χ0v) is 10.8. The number of carbonyl (C=O) groups excluding carboxylic acids is 3. The number of aromatic nitrogens is 2. The molecule has 0 saturated carbocycles. The third kappa shape index (κ3) is 2.13. The van der Waals surface area contributed by atoms with E-state index >= 15 is 0 Å². The monoisotopic (exact) mass is 277 g/mol.